The number of hydrogen-bond donors (Lipinski definition) is 1. The summed E-state index contributed by atoms with van der Waals surface area (Å²) in [5, 5.41) is 3.32. The maximum atomic E-state index is 5.57. The second-order valence-electron chi connectivity index (χ2n) is 4.33. The Hall–Kier alpha value is -0.160. The van der Waals surface area contributed by atoms with Crippen LogP contribution >= 0.6 is 0 Å². The van der Waals surface area contributed by atoms with Crippen LogP contribution in [0.3, 0.4) is 0 Å². The predicted molar refractivity (Wildman–Crippen MR) is 65.9 cm³/mol. The molecule has 0 aromatic rings. The SMILES string of the molecule is CCOC(C)(C)CNCCOCCCOC. The van der Waals surface area contributed by atoms with Crippen LogP contribution in [0.1, 0.15) is 27.2 Å². The molecule has 4 heteroatoms. The molecule has 0 amide bonds. The highest BCUT2D eigenvalue weighted by Gasteiger charge is 2.16. The molecule has 0 aliphatic carbocycles. The molecule has 4 nitrogen and oxygen atoms in total. The molecule has 98 valence electrons. The van der Waals surface area contributed by atoms with Crippen molar-refractivity contribution in [2.45, 2.75) is 32.8 Å². The summed E-state index contributed by atoms with van der Waals surface area (Å²) >= 11 is 0. The van der Waals surface area contributed by atoms with E-state index in [1.165, 1.54) is 0 Å². The maximum absolute atomic E-state index is 5.57. The van der Waals surface area contributed by atoms with Crippen LogP contribution in [0, 0.1) is 0 Å². The molecule has 0 saturated heterocycles. The van der Waals surface area contributed by atoms with Gasteiger partial charge in [-0.2, -0.15) is 0 Å². The molecule has 16 heavy (non-hydrogen) atoms. The van der Waals surface area contributed by atoms with E-state index in [9.17, 15) is 0 Å². The number of hydrogen-bond acceptors (Lipinski definition) is 4. The molecule has 0 unspecified atom stereocenters. The van der Waals surface area contributed by atoms with Gasteiger partial charge in [-0.05, 0) is 27.2 Å². The van der Waals surface area contributed by atoms with Crippen LogP contribution in [0.25, 0.3) is 0 Å². The summed E-state index contributed by atoms with van der Waals surface area (Å²) < 4.78 is 15.9. The quantitative estimate of drug-likeness (QED) is 0.548. The zero-order valence-corrected chi connectivity index (χ0v) is 11.2. The molecule has 0 atom stereocenters. The van der Waals surface area contributed by atoms with Crippen molar-refractivity contribution >= 4 is 0 Å². The summed E-state index contributed by atoms with van der Waals surface area (Å²) in [4.78, 5) is 0. The van der Waals surface area contributed by atoms with Crippen LogP contribution in [0.2, 0.25) is 0 Å². The Kier molecular flexibility index (Phi) is 9.92. The Morgan fingerprint density at radius 1 is 1.12 bits per heavy atom. The van der Waals surface area contributed by atoms with Gasteiger partial charge in [0, 0.05) is 40.0 Å². The molecule has 0 aromatic carbocycles. The zero-order chi connectivity index (χ0) is 12.3. The molecular formula is C12H27NO3. The lowest BCUT2D eigenvalue weighted by Crippen LogP contribution is -2.39. The highest BCUT2D eigenvalue weighted by molar-refractivity contribution is 4.71. The molecule has 0 fully saturated rings. The van der Waals surface area contributed by atoms with Crippen molar-refractivity contribution in [3.05, 3.63) is 0 Å². The van der Waals surface area contributed by atoms with E-state index in [2.05, 4.69) is 19.2 Å². The minimum atomic E-state index is -0.0925. The van der Waals surface area contributed by atoms with Gasteiger partial charge in [0.15, 0.2) is 0 Å². The molecular weight excluding hydrogens is 206 g/mol. The highest BCUT2D eigenvalue weighted by atomic mass is 16.5. The van der Waals surface area contributed by atoms with E-state index in [0.717, 1.165) is 45.9 Å². The summed E-state index contributed by atoms with van der Waals surface area (Å²) in [5.41, 5.74) is -0.0925. The van der Waals surface area contributed by atoms with E-state index in [1.54, 1.807) is 7.11 Å². The Labute approximate surface area is 99.6 Å². The van der Waals surface area contributed by atoms with Gasteiger partial charge in [0.05, 0.1) is 12.2 Å². The average Bonchev–Trinajstić information content (AvgIpc) is 2.22. The fraction of sp³-hybridized carbons (Fsp3) is 1.00. The third-order valence-electron chi connectivity index (χ3n) is 2.15. The summed E-state index contributed by atoms with van der Waals surface area (Å²) in [6, 6.07) is 0. The molecule has 0 radical (unpaired) electrons. The van der Waals surface area contributed by atoms with Gasteiger partial charge < -0.3 is 19.5 Å². The van der Waals surface area contributed by atoms with Gasteiger partial charge in [-0.1, -0.05) is 0 Å². The lowest BCUT2D eigenvalue weighted by molar-refractivity contribution is -0.00991. The fourth-order valence-electron chi connectivity index (χ4n) is 1.38. The van der Waals surface area contributed by atoms with Crippen molar-refractivity contribution in [2.75, 3.05) is 46.6 Å². The van der Waals surface area contributed by atoms with E-state index in [0.29, 0.717) is 0 Å². The Balaban J connectivity index is 3.20. The number of nitrogens with one attached hydrogen (secondary N) is 1. The summed E-state index contributed by atoms with van der Waals surface area (Å²) in [6.07, 6.45) is 0.959. The minimum Gasteiger partial charge on any atom is -0.385 e. The van der Waals surface area contributed by atoms with Gasteiger partial charge in [-0.3, -0.25) is 0 Å². The molecule has 1 N–H and O–H groups in total. The molecule has 0 saturated carbocycles. The fourth-order valence-corrected chi connectivity index (χ4v) is 1.38. The number of methoxy groups -OCH3 is 1. The van der Waals surface area contributed by atoms with Crippen LogP contribution in [-0.4, -0.2) is 52.2 Å². The van der Waals surface area contributed by atoms with Crippen LogP contribution in [0.4, 0.5) is 0 Å². The second kappa shape index (κ2) is 10.0. The highest BCUT2D eigenvalue weighted by Crippen LogP contribution is 2.06. The van der Waals surface area contributed by atoms with Crippen molar-refractivity contribution in [2.24, 2.45) is 0 Å². The van der Waals surface area contributed by atoms with Crippen molar-refractivity contribution in [1.29, 1.82) is 0 Å². The van der Waals surface area contributed by atoms with Gasteiger partial charge in [-0.15, -0.1) is 0 Å². The van der Waals surface area contributed by atoms with Gasteiger partial charge in [0.2, 0.25) is 0 Å². The van der Waals surface area contributed by atoms with Crippen LogP contribution in [0.5, 0.6) is 0 Å². The Morgan fingerprint density at radius 2 is 1.88 bits per heavy atom. The number of ether oxygens (including phenoxy) is 3. The lowest BCUT2D eigenvalue weighted by Gasteiger charge is -2.24. The van der Waals surface area contributed by atoms with E-state index < -0.39 is 0 Å². The van der Waals surface area contributed by atoms with Crippen LogP contribution < -0.4 is 5.32 Å². The second-order valence-corrected chi connectivity index (χ2v) is 4.33. The molecule has 0 aliphatic heterocycles. The van der Waals surface area contributed by atoms with Crippen LogP contribution in [-0.2, 0) is 14.2 Å². The zero-order valence-electron chi connectivity index (χ0n) is 11.2. The third kappa shape index (κ3) is 10.4. The summed E-state index contributed by atoms with van der Waals surface area (Å²) in [5.74, 6) is 0. The third-order valence-corrected chi connectivity index (χ3v) is 2.15. The normalized spacial score (nSPS) is 12.0. The molecule has 0 bridgehead atoms. The van der Waals surface area contributed by atoms with Crippen molar-refractivity contribution in [1.82, 2.24) is 5.32 Å². The standard InChI is InChI=1S/C12H27NO3/c1-5-16-12(2,3)11-13-7-10-15-9-6-8-14-4/h13H,5-11H2,1-4H3. The molecule has 0 spiro atoms. The molecule has 0 heterocycles. The average molecular weight is 233 g/mol. The number of rotatable bonds is 11. The Bertz CT molecular complexity index is 151. The minimum absolute atomic E-state index is 0.0925. The lowest BCUT2D eigenvalue weighted by atomic mass is 10.1. The van der Waals surface area contributed by atoms with E-state index in [1.807, 2.05) is 6.92 Å². The van der Waals surface area contributed by atoms with Gasteiger partial charge in [0.25, 0.3) is 0 Å². The predicted octanol–water partition coefficient (Wildman–Crippen LogP) is 1.44. The molecule has 0 aromatic heterocycles. The maximum Gasteiger partial charge on any atom is 0.0750 e. The first-order chi connectivity index (χ1) is 7.62. The first-order valence-electron chi connectivity index (χ1n) is 6.03. The summed E-state index contributed by atoms with van der Waals surface area (Å²) in [7, 11) is 1.71. The van der Waals surface area contributed by atoms with Crippen molar-refractivity contribution in [3.63, 3.8) is 0 Å². The van der Waals surface area contributed by atoms with Gasteiger partial charge in [-0.25, -0.2) is 0 Å². The Morgan fingerprint density at radius 3 is 2.50 bits per heavy atom. The van der Waals surface area contributed by atoms with Crippen molar-refractivity contribution < 1.29 is 14.2 Å². The van der Waals surface area contributed by atoms with Crippen molar-refractivity contribution in [3.8, 4) is 0 Å². The van der Waals surface area contributed by atoms with E-state index in [-0.39, 0.29) is 5.60 Å². The van der Waals surface area contributed by atoms with E-state index >= 15 is 0 Å². The van der Waals surface area contributed by atoms with Gasteiger partial charge >= 0.3 is 0 Å². The summed E-state index contributed by atoms with van der Waals surface area (Å²) in [6.45, 7) is 10.9. The topological polar surface area (TPSA) is 39.7 Å². The first-order valence-corrected chi connectivity index (χ1v) is 6.03. The van der Waals surface area contributed by atoms with E-state index in [4.69, 9.17) is 14.2 Å². The largest absolute Gasteiger partial charge is 0.385 e. The smallest absolute Gasteiger partial charge is 0.0750 e. The molecule has 0 rings (SSSR count). The first kappa shape index (κ1) is 15.8. The monoisotopic (exact) mass is 233 g/mol. The van der Waals surface area contributed by atoms with Gasteiger partial charge in [0.1, 0.15) is 0 Å². The molecule has 0 aliphatic rings. The van der Waals surface area contributed by atoms with Crippen LogP contribution in [0.15, 0.2) is 0 Å².